The van der Waals surface area contributed by atoms with Crippen molar-refractivity contribution in [3.05, 3.63) is 11.6 Å². The third-order valence-corrected chi connectivity index (χ3v) is 10.7. The summed E-state index contributed by atoms with van der Waals surface area (Å²) in [6.07, 6.45) is 15.5. The van der Waals surface area contributed by atoms with Crippen LogP contribution in [0.25, 0.3) is 0 Å². The number of carboxylic acid groups (broad SMARTS) is 1. The van der Waals surface area contributed by atoms with Crippen molar-refractivity contribution in [1.82, 2.24) is 10.6 Å². The van der Waals surface area contributed by atoms with Gasteiger partial charge >= 0.3 is 5.97 Å². The fraction of sp³-hybridized carbons (Fsp3) is 0.742. The number of oxime groups is 1. The van der Waals surface area contributed by atoms with Crippen molar-refractivity contribution in [1.29, 1.82) is 0 Å². The number of hydrogen-bond donors (Lipinski definition) is 4. The van der Waals surface area contributed by atoms with Crippen LogP contribution in [0.1, 0.15) is 86.0 Å². The highest BCUT2D eigenvalue weighted by Gasteiger charge is 2.63. The van der Waals surface area contributed by atoms with Crippen LogP contribution in [0, 0.1) is 46.8 Å². The first-order valence-electron chi connectivity index (χ1n) is 14.7. The van der Waals surface area contributed by atoms with Gasteiger partial charge in [0, 0.05) is 5.41 Å². The van der Waals surface area contributed by atoms with Crippen LogP contribution < -0.4 is 10.6 Å². The zero-order valence-corrected chi connectivity index (χ0v) is 24.5. The Morgan fingerprint density at radius 1 is 1.10 bits per heavy atom. The molecule has 0 saturated heterocycles. The van der Waals surface area contributed by atoms with Crippen molar-refractivity contribution in [2.24, 2.45) is 39.7 Å². The Morgan fingerprint density at radius 2 is 1.80 bits per heavy atom. The predicted octanol–water partition coefficient (Wildman–Crippen LogP) is 3.42. The second kappa shape index (κ2) is 11.2. The molecular weight excluding hydrogens is 510 g/mol. The molecule has 9 nitrogen and oxygen atoms in total. The molecule has 0 radical (unpaired) electrons. The number of carboxylic acids is 1. The molecule has 8 atom stereocenters. The van der Waals surface area contributed by atoms with E-state index < -0.39 is 35.5 Å². The van der Waals surface area contributed by atoms with E-state index in [1.54, 1.807) is 13.8 Å². The molecular formula is C31H45N3O6. The average molecular weight is 556 g/mol. The number of amides is 2. The van der Waals surface area contributed by atoms with Gasteiger partial charge in [0.05, 0.1) is 5.71 Å². The molecule has 0 aromatic heterocycles. The molecule has 4 rings (SSSR count). The van der Waals surface area contributed by atoms with Gasteiger partial charge in [-0.2, -0.15) is 0 Å². The molecule has 0 heterocycles. The molecule has 0 aromatic carbocycles. The summed E-state index contributed by atoms with van der Waals surface area (Å²) >= 11 is 0. The summed E-state index contributed by atoms with van der Waals surface area (Å²) in [5, 5.41) is 29.5. The lowest BCUT2D eigenvalue weighted by atomic mass is 9.46. The molecule has 0 aromatic rings. The standard InChI is InChI=1S/C31H45N3O6/c1-7-31(39)15-12-24-22-9-8-20-16-21(10-13-29(20,5)23(22)11-14-30(24,31)6)34-40-17-25(35)33-26(18(2)3)27(36)32-19(4)28(37)38/h1,16,18-19,22-24,26,39H,8-15,17H2,2-6H3,(H,32,36)(H,33,35)(H,37,38)/b34-21-/t19-,22-,23-,24-,26+,29+,30+,31-/m1/s1. The maximum atomic E-state index is 12.5. The Bertz CT molecular complexity index is 1140. The summed E-state index contributed by atoms with van der Waals surface area (Å²) in [5.41, 5.74) is 1.09. The monoisotopic (exact) mass is 555 g/mol. The molecule has 40 heavy (non-hydrogen) atoms. The SMILES string of the molecule is C#C[C@@]1(O)CC[C@@H]2[C@@H]3CCC4=C/C(=N\OCC(=O)N[C@H](C(=O)N[C@H](C)C(=O)O)C(C)C)CC[C@]4(C)[C@@H]3CC[C@@]21C. The summed E-state index contributed by atoms with van der Waals surface area (Å²) in [6, 6.07) is -1.94. The number of carbonyl (C=O) groups excluding carboxylic acids is 2. The highest BCUT2D eigenvalue weighted by Crippen LogP contribution is 2.67. The fourth-order valence-corrected chi connectivity index (χ4v) is 8.18. The zero-order chi connectivity index (χ0) is 29.5. The molecule has 3 saturated carbocycles. The second-order valence-electron chi connectivity index (χ2n) is 13.2. The molecule has 3 fully saturated rings. The van der Waals surface area contributed by atoms with Crippen LogP contribution >= 0.6 is 0 Å². The van der Waals surface area contributed by atoms with Gasteiger partial charge in [0.15, 0.2) is 6.61 Å². The smallest absolute Gasteiger partial charge is 0.325 e. The van der Waals surface area contributed by atoms with Gasteiger partial charge in [0.2, 0.25) is 5.91 Å². The maximum Gasteiger partial charge on any atom is 0.325 e. The van der Waals surface area contributed by atoms with Crippen molar-refractivity contribution >= 4 is 23.5 Å². The van der Waals surface area contributed by atoms with Crippen LogP contribution in [0.2, 0.25) is 0 Å². The molecule has 9 heteroatoms. The Kier molecular flexibility index (Phi) is 8.43. The van der Waals surface area contributed by atoms with Crippen molar-refractivity contribution in [3.8, 4) is 12.3 Å². The van der Waals surface area contributed by atoms with Crippen LogP contribution in [-0.4, -0.2) is 58.0 Å². The van der Waals surface area contributed by atoms with Gasteiger partial charge in [-0.3, -0.25) is 14.4 Å². The Morgan fingerprint density at radius 3 is 2.45 bits per heavy atom. The molecule has 0 spiro atoms. The number of nitrogens with one attached hydrogen (secondary N) is 2. The van der Waals surface area contributed by atoms with Gasteiger partial charge in [0.1, 0.15) is 17.7 Å². The first-order valence-corrected chi connectivity index (χ1v) is 14.7. The van der Waals surface area contributed by atoms with Crippen LogP contribution in [-0.2, 0) is 19.2 Å². The van der Waals surface area contributed by atoms with Gasteiger partial charge in [-0.25, -0.2) is 0 Å². The second-order valence-corrected chi connectivity index (χ2v) is 13.2. The lowest BCUT2D eigenvalue weighted by molar-refractivity contribution is -0.142. The van der Waals surface area contributed by atoms with E-state index in [2.05, 4.69) is 41.6 Å². The van der Waals surface area contributed by atoms with E-state index in [-0.39, 0.29) is 23.4 Å². The largest absolute Gasteiger partial charge is 0.480 e. The lowest BCUT2D eigenvalue weighted by Crippen LogP contribution is -2.54. The lowest BCUT2D eigenvalue weighted by Gasteiger charge is -2.58. The molecule has 4 N–H and O–H groups in total. The van der Waals surface area contributed by atoms with Crippen molar-refractivity contribution in [3.63, 3.8) is 0 Å². The van der Waals surface area contributed by atoms with Crippen LogP contribution in [0.4, 0.5) is 0 Å². The third-order valence-electron chi connectivity index (χ3n) is 10.7. The van der Waals surface area contributed by atoms with Gasteiger partial charge in [-0.05, 0) is 93.5 Å². The van der Waals surface area contributed by atoms with Crippen LogP contribution in [0.15, 0.2) is 16.8 Å². The van der Waals surface area contributed by atoms with Crippen LogP contribution in [0.3, 0.4) is 0 Å². The minimum atomic E-state index is -1.15. The molecule has 4 aliphatic carbocycles. The number of hydrogen-bond acceptors (Lipinski definition) is 6. The number of rotatable bonds is 8. The number of aliphatic carboxylic acids is 1. The highest BCUT2D eigenvalue weighted by atomic mass is 16.6. The van der Waals surface area contributed by atoms with Gasteiger partial charge < -0.3 is 25.7 Å². The van der Waals surface area contributed by atoms with Gasteiger partial charge in [0.25, 0.3) is 5.91 Å². The van der Waals surface area contributed by atoms with E-state index in [9.17, 15) is 19.5 Å². The van der Waals surface area contributed by atoms with Crippen molar-refractivity contribution in [2.75, 3.05) is 6.61 Å². The summed E-state index contributed by atoms with van der Waals surface area (Å²) in [5.74, 6) is 1.88. The molecule has 220 valence electrons. The molecule has 2 amide bonds. The fourth-order valence-electron chi connectivity index (χ4n) is 8.18. The number of nitrogens with zero attached hydrogens (tertiary/aromatic N) is 1. The van der Waals surface area contributed by atoms with Gasteiger partial charge in [-0.15, -0.1) is 6.42 Å². The number of allylic oxidation sites excluding steroid dienone is 2. The average Bonchev–Trinajstić information content (AvgIpc) is 3.18. The zero-order valence-electron chi connectivity index (χ0n) is 24.5. The van der Waals surface area contributed by atoms with Crippen molar-refractivity contribution < 1.29 is 29.4 Å². The number of carbonyl (C=O) groups is 3. The van der Waals surface area contributed by atoms with E-state index in [0.29, 0.717) is 24.2 Å². The number of aliphatic hydroxyl groups is 1. The maximum absolute atomic E-state index is 12.5. The summed E-state index contributed by atoms with van der Waals surface area (Å²) < 4.78 is 0. The summed E-state index contributed by atoms with van der Waals surface area (Å²) in [7, 11) is 0. The third kappa shape index (κ3) is 5.27. The van der Waals surface area contributed by atoms with E-state index in [1.165, 1.54) is 12.5 Å². The summed E-state index contributed by atoms with van der Waals surface area (Å²) in [6.45, 7) is 9.16. The topological polar surface area (TPSA) is 137 Å². The quantitative estimate of drug-likeness (QED) is 0.268. The van der Waals surface area contributed by atoms with E-state index in [4.69, 9.17) is 16.4 Å². The minimum absolute atomic E-state index is 0.0857. The number of terminal acetylenes is 1. The molecule has 4 aliphatic rings. The van der Waals surface area contributed by atoms with E-state index in [0.717, 1.165) is 50.7 Å². The molecule has 0 aliphatic heterocycles. The minimum Gasteiger partial charge on any atom is -0.480 e. The predicted molar refractivity (Wildman–Crippen MR) is 151 cm³/mol. The first-order chi connectivity index (χ1) is 18.8. The Balaban J connectivity index is 1.36. The molecule has 0 unspecified atom stereocenters. The van der Waals surface area contributed by atoms with Gasteiger partial charge in [-0.1, -0.05) is 44.3 Å². The Labute approximate surface area is 237 Å². The first kappa shape index (κ1) is 30.1. The van der Waals surface area contributed by atoms with E-state index >= 15 is 0 Å². The highest BCUT2D eigenvalue weighted by molar-refractivity contribution is 5.96. The number of fused-ring (bicyclic) bond motifs is 5. The van der Waals surface area contributed by atoms with Crippen molar-refractivity contribution in [2.45, 2.75) is 104 Å². The summed E-state index contributed by atoms with van der Waals surface area (Å²) in [4.78, 5) is 41.4. The Hall–Kier alpha value is -2.86. The normalized spacial score (nSPS) is 37.2. The van der Waals surface area contributed by atoms with Crippen LogP contribution in [0.5, 0.6) is 0 Å². The van der Waals surface area contributed by atoms with E-state index in [1.807, 2.05) is 0 Å². The molecule has 0 bridgehead atoms.